The minimum absolute atomic E-state index is 0.112. The van der Waals surface area contributed by atoms with Gasteiger partial charge in [-0.1, -0.05) is 49.1 Å². The predicted octanol–water partition coefficient (Wildman–Crippen LogP) is 5.04. The summed E-state index contributed by atoms with van der Waals surface area (Å²) >= 11 is 6.14. The van der Waals surface area contributed by atoms with Gasteiger partial charge in [0, 0.05) is 43.3 Å². The van der Waals surface area contributed by atoms with Crippen molar-refractivity contribution in [2.45, 2.75) is 82.4 Å². The van der Waals surface area contributed by atoms with Crippen molar-refractivity contribution < 1.29 is 19.1 Å². The molecular weight excluding hydrogens is 504 g/mol. The van der Waals surface area contributed by atoms with Crippen LogP contribution in [-0.4, -0.2) is 52.9 Å². The number of benzene rings is 1. The van der Waals surface area contributed by atoms with Crippen molar-refractivity contribution in [3.8, 4) is 0 Å². The van der Waals surface area contributed by atoms with Crippen molar-refractivity contribution in [2.24, 2.45) is 0 Å². The fourth-order valence-electron chi connectivity index (χ4n) is 5.19. The zero-order valence-corrected chi connectivity index (χ0v) is 22.5. The molecule has 204 valence electrons. The molecule has 1 saturated carbocycles. The molecule has 2 fully saturated rings. The molecule has 1 aliphatic heterocycles. The van der Waals surface area contributed by atoms with Crippen LogP contribution >= 0.6 is 11.6 Å². The molecule has 4 rings (SSSR count). The molecular formula is C29H37ClN4O4. The SMILES string of the molecule is O=C(CCCC(=O)N(CC1CCCO1)C(C(=O)NC1CCCCC1)c1ccc(Cl)cc1)Nc1ccccn1. The molecule has 2 aromatic rings. The molecule has 1 aromatic carbocycles. The molecule has 38 heavy (non-hydrogen) atoms. The van der Waals surface area contributed by atoms with Gasteiger partial charge < -0.3 is 20.3 Å². The Morgan fingerprint density at radius 3 is 2.47 bits per heavy atom. The molecule has 8 nitrogen and oxygen atoms in total. The van der Waals surface area contributed by atoms with Gasteiger partial charge >= 0.3 is 0 Å². The van der Waals surface area contributed by atoms with E-state index in [1.807, 2.05) is 12.1 Å². The molecule has 9 heteroatoms. The molecule has 1 aromatic heterocycles. The number of aromatic nitrogens is 1. The Morgan fingerprint density at radius 2 is 1.79 bits per heavy atom. The van der Waals surface area contributed by atoms with Crippen LogP contribution in [0.3, 0.4) is 0 Å². The summed E-state index contributed by atoms with van der Waals surface area (Å²) in [7, 11) is 0. The molecule has 1 aliphatic carbocycles. The first kappa shape index (κ1) is 28.0. The lowest BCUT2D eigenvalue weighted by Crippen LogP contribution is -2.49. The van der Waals surface area contributed by atoms with E-state index < -0.39 is 6.04 Å². The Hall–Kier alpha value is -2.97. The molecule has 2 aliphatic rings. The first-order valence-corrected chi connectivity index (χ1v) is 14.0. The van der Waals surface area contributed by atoms with Crippen LogP contribution in [0, 0.1) is 0 Å². The normalized spacial score (nSPS) is 18.5. The Labute approximate surface area is 229 Å². The number of halogens is 1. The van der Waals surface area contributed by atoms with E-state index in [0.29, 0.717) is 36.0 Å². The zero-order chi connectivity index (χ0) is 26.7. The number of rotatable bonds is 11. The van der Waals surface area contributed by atoms with Gasteiger partial charge in [0.05, 0.1) is 6.10 Å². The van der Waals surface area contributed by atoms with Gasteiger partial charge in [0.1, 0.15) is 11.9 Å². The van der Waals surface area contributed by atoms with Crippen LogP contribution in [0.5, 0.6) is 0 Å². The van der Waals surface area contributed by atoms with Crippen LogP contribution in [0.15, 0.2) is 48.7 Å². The minimum Gasteiger partial charge on any atom is -0.376 e. The fourth-order valence-corrected chi connectivity index (χ4v) is 5.32. The van der Waals surface area contributed by atoms with Crippen LogP contribution in [0.2, 0.25) is 5.02 Å². The van der Waals surface area contributed by atoms with Gasteiger partial charge in [-0.05, 0) is 61.9 Å². The third-order valence-corrected chi connectivity index (χ3v) is 7.42. The summed E-state index contributed by atoms with van der Waals surface area (Å²) < 4.78 is 5.86. The maximum absolute atomic E-state index is 13.8. The van der Waals surface area contributed by atoms with Gasteiger partial charge in [-0.15, -0.1) is 0 Å². The molecule has 2 unspecified atom stereocenters. The van der Waals surface area contributed by atoms with E-state index >= 15 is 0 Å². The van der Waals surface area contributed by atoms with E-state index in [2.05, 4.69) is 15.6 Å². The maximum atomic E-state index is 13.8. The number of ether oxygens (including phenoxy) is 1. The van der Waals surface area contributed by atoms with Crippen molar-refractivity contribution in [3.63, 3.8) is 0 Å². The standard InChI is InChI=1S/C29H37ClN4O4/c30-22-16-14-21(15-17-22)28(29(37)32-23-8-2-1-3-9-23)34(20-24-10-7-19-38-24)27(36)13-6-12-26(35)33-25-11-4-5-18-31-25/h4-5,11,14-18,23-24,28H,1-3,6-10,12-13,19-20H2,(H,32,37)(H,31,33,35). The lowest BCUT2D eigenvalue weighted by Gasteiger charge is -2.35. The molecule has 0 bridgehead atoms. The largest absolute Gasteiger partial charge is 0.376 e. The van der Waals surface area contributed by atoms with Gasteiger partial charge in [0.15, 0.2) is 0 Å². The number of carbonyl (C=O) groups excluding carboxylic acids is 3. The highest BCUT2D eigenvalue weighted by molar-refractivity contribution is 6.30. The van der Waals surface area contributed by atoms with E-state index in [4.69, 9.17) is 16.3 Å². The first-order chi connectivity index (χ1) is 18.5. The Kier molecular flexibility index (Phi) is 10.5. The molecule has 3 amide bonds. The van der Waals surface area contributed by atoms with E-state index in [-0.39, 0.29) is 42.7 Å². The average Bonchev–Trinajstić information content (AvgIpc) is 3.44. The Morgan fingerprint density at radius 1 is 1.00 bits per heavy atom. The Bertz CT molecular complexity index is 1050. The van der Waals surface area contributed by atoms with Gasteiger partial charge in [-0.25, -0.2) is 4.98 Å². The van der Waals surface area contributed by atoms with Gasteiger partial charge in [-0.3, -0.25) is 14.4 Å². The second kappa shape index (κ2) is 14.3. The summed E-state index contributed by atoms with van der Waals surface area (Å²) in [5.74, 6) is -0.0826. The number of pyridine rings is 1. The maximum Gasteiger partial charge on any atom is 0.247 e. The van der Waals surface area contributed by atoms with Crippen molar-refractivity contribution in [1.29, 1.82) is 0 Å². The molecule has 2 N–H and O–H groups in total. The van der Waals surface area contributed by atoms with E-state index in [0.717, 1.165) is 38.5 Å². The van der Waals surface area contributed by atoms with E-state index in [1.165, 1.54) is 6.42 Å². The number of anilines is 1. The van der Waals surface area contributed by atoms with Crippen LogP contribution in [0.4, 0.5) is 5.82 Å². The summed E-state index contributed by atoms with van der Waals surface area (Å²) in [4.78, 5) is 45.6. The summed E-state index contributed by atoms with van der Waals surface area (Å²) in [5.41, 5.74) is 0.710. The average molecular weight is 541 g/mol. The molecule has 1 saturated heterocycles. The summed E-state index contributed by atoms with van der Waals surface area (Å²) in [6, 6.07) is 11.7. The first-order valence-electron chi connectivity index (χ1n) is 13.7. The highest BCUT2D eigenvalue weighted by Gasteiger charge is 2.35. The van der Waals surface area contributed by atoms with Crippen LogP contribution < -0.4 is 10.6 Å². The highest BCUT2D eigenvalue weighted by atomic mass is 35.5. The van der Waals surface area contributed by atoms with Gasteiger partial charge in [-0.2, -0.15) is 0 Å². The van der Waals surface area contributed by atoms with Crippen molar-refractivity contribution in [2.75, 3.05) is 18.5 Å². The molecule has 0 radical (unpaired) electrons. The summed E-state index contributed by atoms with van der Waals surface area (Å²) in [6.07, 6.45) is 9.20. The zero-order valence-electron chi connectivity index (χ0n) is 21.7. The number of carbonyl (C=O) groups is 3. The third-order valence-electron chi connectivity index (χ3n) is 7.17. The molecule has 2 heterocycles. The highest BCUT2D eigenvalue weighted by Crippen LogP contribution is 2.28. The second-order valence-electron chi connectivity index (χ2n) is 10.1. The van der Waals surface area contributed by atoms with Crippen LogP contribution in [-0.2, 0) is 19.1 Å². The Balaban J connectivity index is 1.48. The smallest absolute Gasteiger partial charge is 0.247 e. The number of nitrogens with zero attached hydrogens (tertiary/aromatic N) is 2. The molecule has 0 spiro atoms. The summed E-state index contributed by atoms with van der Waals surface area (Å²) in [6.45, 7) is 0.977. The van der Waals surface area contributed by atoms with E-state index in [9.17, 15) is 14.4 Å². The number of nitrogens with one attached hydrogen (secondary N) is 2. The predicted molar refractivity (Wildman–Crippen MR) is 147 cm³/mol. The third kappa shape index (κ3) is 8.27. The number of amides is 3. The summed E-state index contributed by atoms with van der Waals surface area (Å²) in [5, 5.41) is 6.53. The number of hydrogen-bond donors (Lipinski definition) is 2. The lowest BCUT2D eigenvalue weighted by molar-refractivity contribution is -0.143. The van der Waals surface area contributed by atoms with Crippen LogP contribution in [0.25, 0.3) is 0 Å². The topological polar surface area (TPSA) is 101 Å². The van der Waals surface area contributed by atoms with Crippen molar-refractivity contribution in [3.05, 3.63) is 59.2 Å². The lowest BCUT2D eigenvalue weighted by atomic mass is 9.94. The van der Waals surface area contributed by atoms with Crippen molar-refractivity contribution >= 4 is 35.1 Å². The van der Waals surface area contributed by atoms with Crippen LogP contribution in [0.1, 0.15) is 75.8 Å². The van der Waals surface area contributed by atoms with E-state index in [1.54, 1.807) is 41.4 Å². The number of hydrogen-bond acceptors (Lipinski definition) is 5. The van der Waals surface area contributed by atoms with Crippen molar-refractivity contribution in [1.82, 2.24) is 15.2 Å². The quantitative estimate of drug-likeness (QED) is 0.416. The van der Waals surface area contributed by atoms with Gasteiger partial charge in [0.25, 0.3) is 0 Å². The van der Waals surface area contributed by atoms with Gasteiger partial charge in [0.2, 0.25) is 17.7 Å². The fraction of sp³-hybridized carbons (Fsp3) is 0.517. The second-order valence-corrected chi connectivity index (χ2v) is 10.5. The minimum atomic E-state index is -0.798. The molecule has 2 atom stereocenters. The monoisotopic (exact) mass is 540 g/mol.